The third-order valence-electron chi connectivity index (χ3n) is 5.72. The van der Waals surface area contributed by atoms with E-state index in [1.54, 1.807) is 24.3 Å². The lowest BCUT2D eigenvalue weighted by atomic mass is 9.75. The fraction of sp³-hybridized carbons (Fsp3) is 0.185. The minimum Gasteiger partial charge on any atom is -0.219 e. The minimum atomic E-state index is -3.58. The molecule has 0 spiro atoms. The summed E-state index contributed by atoms with van der Waals surface area (Å²) in [6.45, 7) is 6.39. The zero-order valence-corrected chi connectivity index (χ0v) is 18.4. The second-order valence-corrected chi connectivity index (χ2v) is 10.4. The third-order valence-corrected chi connectivity index (χ3v) is 7.58. The Hall–Kier alpha value is -2.91. The van der Waals surface area contributed by atoms with Gasteiger partial charge in [-0.25, -0.2) is 8.42 Å². The van der Waals surface area contributed by atoms with Crippen molar-refractivity contribution in [2.75, 3.05) is 0 Å². The van der Waals surface area contributed by atoms with E-state index in [-0.39, 0.29) is 5.41 Å². The van der Waals surface area contributed by atoms with Gasteiger partial charge in [-0.1, -0.05) is 92.2 Å². The van der Waals surface area contributed by atoms with Crippen LogP contribution in [0.25, 0.3) is 17.1 Å². The summed E-state index contributed by atoms with van der Waals surface area (Å²) in [7, 11) is -3.58. The van der Waals surface area contributed by atoms with Crippen LogP contribution in [0.4, 0.5) is 0 Å². The lowest BCUT2D eigenvalue weighted by molar-refractivity contribution is 0.527. The number of hydrogen-bond donors (Lipinski definition) is 0. The van der Waals surface area contributed by atoms with Gasteiger partial charge < -0.3 is 0 Å². The van der Waals surface area contributed by atoms with Gasteiger partial charge >= 0.3 is 0 Å². The lowest BCUT2D eigenvalue weighted by Crippen LogP contribution is -2.23. The molecule has 3 aromatic rings. The normalized spacial score (nSPS) is 15.6. The number of hydrogen-bond acceptors (Lipinski definition) is 2. The van der Waals surface area contributed by atoms with Gasteiger partial charge in [0.25, 0.3) is 0 Å². The molecule has 152 valence electrons. The molecule has 0 saturated heterocycles. The highest BCUT2D eigenvalue weighted by molar-refractivity contribution is 8.00. The Balaban J connectivity index is 1.78. The van der Waals surface area contributed by atoms with Crippen LogP contribution in [0.1, 0.15) is 48.1 Å². The molecular weight excluding hydrogens is 388 g/mol. The van der Waals surface area contributed by atoms with Crippen LogP contribution in [0.5, 0.6) is 0 Å². The lowest BCUT2D eigenvalue weighted by Gasteiger charge is -2.32. The molecule has 0 aromatic heterocycles. The first kappa shape index (κ1) is 20.4. The monoisotopic (exact) mass is 414 g/mol. The van der Waals surface area contributed by atoms with E-state index >= 15 is 0 Å². The second-order valence-electron chi connectivity index (χ2n) is 8.52. The van der Waals surface area contributed by atoms with Crippen LogP contribution < -0.4 is 0 Å². The second kappa shape index (κ2) is 7.73. The quantitative estimate of drug-likeness (QED) is 0.447. The summed E-state index contributed by atoms with van der Waals surface area (Å²) in [5.74, 6) is 0. The molecule has 1 aliphatic carbocycles. The molecule has 0 aliphatic heterocycles. The van der Waals surface area contributed by atoms with Crippen LogP contribution in [0.15, 0.2) is 83.8 Å². The average molecular weight is 415 g/mol. The van der Waals surface area contributed by atoms with Gasteiger partial charge in [-0.05, 0) is 59.2 Å². The fourth-order valence-electron chi connectivity index (χ4n) is 3.88. The summed E-state index contributed by atoms with van der Waals surface area (Å²) in [5, 5.41) is 0. The van der Waals surface area contributed by atoms with Crippen molar-refractivity contribution in [2.45, 2.75) is 37.5 Å². The summed E-state index contributed by atoms with van der Waals surface area (Å²) in [4.78, 5) is 0.746. The molecule has 0 radical (unpaired) electrons. The van der Waals surface area contributed by atoms with Gasteiger partial charge in [0.05, 0.1) is 9.80 Å². The maximum absolute atomic E-state index is 13.4. The topological polar surface area (TPSA) is 34.1 Å². The van der Waals surface area contributed by atoms with Crippen molar-refractivity contribution in [3.63, 3.8) is 0 Å². The standard InChI is InChI=1S/C27H26O2S/c1-20-9-11-21(12-10-20)13-14-22-15-16-25-24(19-22)26(17-18-27(25,2)3)30(28,29)23-7-5-4-6-8-23/h4-17,19H,18H2,1-3H3/b14-13+. The molecule has 0 saturated carbocycles. The molecule has 1 aliphatic rings. The molecule has 0 bridgehead atoms. The summed E-state index contributed by atoms with van der Waals surface area (Å²) in [6, 6.07) is 23.2. The Morgan fingerprint density at radius 1 is 0.833 bits per heavy atom. The first-order chi connectivity index (χ1) is 14.3. The number of aryl methyl sites for hydroxylation is 1. The SMILES string of the molecule is Cc1ccc(/C=C/c2ccc3c(c2)C(S(=O)(=O)c2ccccc2)=CCC3(C)C)cc1. The van der Waals surface area contributed by atoms with E-state index in [1.807, 2.05) is 24.3 Å². The fourth-order valence-corrected chi connectivity index (χ4v) is 5.41. The van der Waals surface area contributed by atoms with E-state index in [1.165, 1.54) is 5.56 Å². The Morgan fingerprint density at radius 3 is 2.17 bits per heavy atom. The number of fused-ring (bicyclic) bond motifs is 1. The predicted octanol–water partition coefficient (Wildman–Crippen LogP) is 6.66. The smallest absolute Gasteiger partial charge is 0.206 e. The van der Waals surface area contributed by atoms with E-state index < -0.39 is 9.84 Å². The molecule has 0 heterocycles. The van der Waals surface area contributed by atoms with Crippen molar-refractivity contribution in [1.82, 2.24) is 0 Å². The van der Waals surface area contributed by atoms with Gasteiger partial charge in [0.15, 0.2) is 0 Å². The van der Waals surface area contributed by atoms with Crippen LogP contribution >= 0.6 is 0 Å². The van der Waals surface area contributed by atoms with Crippen LogP contribution in [0, 0.1) is 6.92 Å². The summed E-state index contributed by atoms with van der Waals surface area (Å²) >= 11 is 0. The molecule has 0 atom stereocenters. The van der Waals surface area contributed by atoms with Gasteiger partial charge in [0.1, 0.15) is 0 Å². The van der Waals surface area contributed by atoms with Crippen LogP contribution in [0.2, 0.25) is 0 Å². The summed E-state index contributed by atoms with van der Waals surface area (Å²) < 4.78 is 26.8. The van der Waals surface area contributed by atoms with Crippen molar-refractivity contribution in [3.05, 3.63) is 107 Å². The van der Waals surface area contributed by atoms with Gasteiger partial charge in [-0.3, -0.25) is 0 Å². The van der Waals surface area contributed by atoms with Crippen LogP contribution in [-0.2, 0) is 15.3 Å². The third kappa shape index (κ3) is 3.90. The Bertz CT molecular complexity index is 1230. The van der Waals surface area contributed by atoms with E-state index in [0.29, 0.717) is 16.2 Å². The first-order valence-electron chi connectivity index (χ1n) is 10.2. The van der Waals surface area contributed by atoms with E-state index in [4.69, 9.17) is 0 Å². The molecule has 0 amide bonds. The zero-order chi connectivity index (χ0) is 21.4. The van der Waals surface area contributed by atoms with Crippen LogP contribution in [0.3, 0.4) is 0 Å². The highest BCUT2D eigenvalue weighted by Crippen LogP contribution is 2.43. The number of sulfone groups is 1. The van der Waals surface area contributed by atoms with Gasteiger partial charge in [0.2, 0.25) is 9.84 Å². The predicted molar refractivity (Wildman–Crippen MR) is 126 cm³/mol. The summed E-state index contributed by atoms with van der Waals surface area (Å²) in [6.07, 6.45) is 6.68. The molecule has 2 nitrogen and oxygen atoms in total. The minimum absolute atomic E-state index is 0.107. The van der Waals surface area contributed by atoms with Crippen molar-refractivity contribution in [1.29, 1.82) is 0 Å². The highest BCUT2D eigenvalue weighted by atomic mass is 32.2. The maximum Gasteiger partial charge on any atom is 0.206 e. The average Bonchev–Trinajstić information content (AvgIpc) is 2.73. The van der Waals surface area contributed by atoms with Crippen molar-refractivity contribution < 1.29 is 8.42 Å². The van der Waals surface area contributed by atoms with E-state index in [9.17, 15) is 8.42 Å². The summed E-state index contributed by atoms with van der Waals surface area (Å²) in [5.41, 5.74) is 5.11. The van der Waals surface area contributed by atoms with Crippen molar-refractivity contribution in [3.8, 4) is 0 Å². The van der Waals surface area contributed by atoms with Gasteiger partial charge in [-0.15, -0.1) is 0 Å². The van der Waals surface area contributed by atoms with E-state index in [2.05, 4.69) is 63.2 Å². The van der Waals surface area contributed by atoms with Crippen molar-refractivity contribution in [2.24, 2.45) is 0 Å². The molecule has 0 fully saturated rings. The van der Waals surface area contributed by atoms with E-state index in [0.717, 1.165) is 22.3 Å². The van der Waals surface area contributed by atoms with Gasteiger partial charge in [0, 0.05) is 0 Å². The van der Waals surface area contributed by atoms with Crippen molar-refractivity contribution >= 4 is 26.9 Å². The van der Waals surface area contributed by atoms with Gasteiger partial charge in [-0.2, -0.15) is 0 Å². The maximum atomic E-state index is 13.4. The molecule has 0 unspecified atom stereocenters. The molecule has 4 rings (SSSR count). The molecule has 3 heteroatoms. The molecule has 3 aromatic carbocycles. The number of benzene rings is 3. The zero-order valence-electron chi connectivity index (χ0n) is 17.6. The Kier molecular flexibility index (Phi) is 5.25. The number of rotatable bonds is 4. The Labute approximate surface area is 179 Å². The largest absolute Gasteiger partial charge is 0.219 e. The number of allylic oxidation sites excluding steroid dienone is 1. The Morgan fingerprint density at radius 2 is 1.47 bits per heavy atom. The first-order valence-corrected chi connectivity index (χ1v) is 11.7. The molecule has 0 N–H and O–H groups in total. The highest BCUT2D eigenvalue weighted by Gasteiger charge is 2.33. The molecular formula is C27H26O2S. The van der Waals surface area contributed by atoms with Crippen LogP contribution in [-0.4, -0.2) is 8.42 Å². The molecule has 30 heavy (non-hydrogen) atoms.